The molecule has 2 rings (SSSR count). The second-order valence-corrected chi connectivity index (χ2v) is 7.37. The monoisotopic (exact) mass is 410 g/mol. The number of amides is 1. The number of hydrogen-bond acceptors (Lipinski definition) is 3. The molecule has 1 heterocycles. The Morgan fingerprint density at radius 1 is 1.28 bits per heavy atom. The minimum Gasteiger partial charge on any atom is -0.331 e. The van der Waals surface area contributed by atoms with Gasteiger partial charge in [-0.05, 0) is 42.0 Å². The van der Waals surface area contributed by atoms with E-state index in [0.717, 1.165) is 5.69 Å². The van der Waals surface area contributed by atoms with Gasteiger partial charge in [-0.3, -0.25) is 9.89 Å². The zero-order chi connectivity index (χ0) is 18.6. The summed E-state index contributed by atoms with van der Waals surface area (Å²) in [5, 5.41) is 7.10. The Hall–Kier alpha value is -1.73. The molecule has 1 N–H and O–H groups in total. The number of hydrogen-bond donors (Lipinski definition) is 1. The fourth-order valence-corrected chi connectivity index (χ4v) is 3.23. The van der Waals surface area contributed by atoms with Crippen LogP contribution in [0.2, 0.25) is 0 Å². The molecule has 0 radical (unpaired) electrons. The van der Waals surface area contributed by atoms with Crippen molar-refractivity contribution in [2.24, 2.45) is 0 Å². The van der Waals surface area contributed by atoms with E-state index in [0.29, 0.717) is 28.8 Å². The fourth-order valence-electron chi connectivity index (χ4n) is 2.42. The normalized spacial score (nSPS) is 11.4. The molecule has 1 amide bonds. The van der Waals surface area contributed by atoms with Crippen molar-refractivity contribution in [2.75, 3.05) is 27.2 Å². The summed E-state index contributed by atoms with van der Waals surface area (Å²) in [6, 6.07) is 6.52. The van der Waals surface area contributed by atoms with E-state index in [1.807, 2.05) is 32.8 Å². The lowest BCUT2D eigenvalue weighted by Crippen LogP contribution is -2.36. The van der Waals surface area contributed by atoms with Crippen LogP contribution in [-0.2, 0) is 6.54 Å². The number of rotatable bonds is 7. The van der Waals surface area contributed by atoms with Crippen molar-refractivity contribution in [1.29, 1.82) is 0 Å². The number of aromatic nitrogens is 2. The number of halogens is 2. The molecule has 0 unspecified atom stereocenters. The second-order valence-electron chi connectivity index (χ2n) is 6.58. The molecule has 7 heteroatoms. The first-order chi connectivity index (χ1) is 11.8. The van der Waals surface area contributed by atoms with Crippen molar-refractivity contribution < 1.29 is 9.18 Å². The molecule has 0 saturated carbocycles. The van der Waals surface area contributed by atoms with E-state index in [2.05, 4.69) is 26.1 Å². The van der Waals surface area contributed by atoms with Gasteiger partial charge in [0.1, 0.15) is 5.82 Å². The summed E-state index contributed by atoms with van der Waals surface area (Å²) in [6.07, 6.45) is 0. The highest BCUT2D eigenvalue weighted by atomic mass is 79.9. The molecule has 0 aliphatic rings. The van der Waals surface area contributed by atoms with Crippen LogP contribution in [-0.4, -0.2) is 53.1 Å². The SMILES string of the molecule is CC(C)c1[nH]nc(C(=O)N(CCN(C)C)Cc2ccccc2F)c1Br. The summed E-state index contributed by atoms with van der Waals surface area (Å²) in [7, 11) is 3.88. The van der Waals surface area contributed by atoms with Gasteiger partial charge in [0.05, 0.1) is 10.2 Å². The van der Waals surface area contributed by atoms with Crippen molar-refractivity contribution in [3.63, 3.8) is 0 Å². The largest absolute Gasteiger partial charge is 0.331 e. The number of carbonyl (C=O) groups excluding carboxylic acids is 1. The molecule has 0 bridgehead atoms. The predicted molar refractivity (Wildman–Crippen MR) is 100 cm³/mol. The molecule has 0 atom stereocenters. The Labute approximate surface area is 156 Å². The van der Waals surface area contributed by atoms with Gasteiger partial charge in [-0.2, -0.15) is 5.10 Å². The molecule has 1 aromatic heterocycles. The van der Waals surface area contributed by atoms with Crippen LogP contribution in [0.25, 0.3) is 0 Å². The highest BCUT2D eigenvalue weighted by molar-refractivity contribution is 9.10. The second kappa shape index (κ2) is 8.58. The van der Waals surface area contributed by atoms with Crippen LogP contribution in [0.15, 0.2) is 28.7 Å². The molecule has 136 valence electrons. The molecule has 5 nitrogen and oxygen atoms in total. The average Bonchev–Trinajstić information content (AvgIpc) is 2.94. The molecular formula is C18H24BrFN4O. The quantitative estimate of drug-likeness (QED) is 0.757. The first kappa shape index (κ1) is 19.6. The molecular weight excluding hydrogens is 387 g/mol. The number of carbonyl (C=O) groups is 1. The first-order valence-electron chi connectivity index (χ1n) is 8.22. The van der Waals surface area contributed by atoms with Crippen LogP contribution in [0.1, 0.15) is 41.5 Å². The minimum absolute atomic E-state index is 0.204. The minimum atomic E-state index is -0.311. The predicted octanol–water partition coefficient (Wildman–Crippen LogP) is 3.64. The Bertz CT molecular complexity index is 730. The van der Waals surface area contributed by atoms with Gasteiger partial charge in [0, 0.05) is 25.2 Å². The van der Waals surface area contributed by atoms with E-state index in [9.17, 15) is 9.18 Å². The summed E-state index contributed by atoms with van der Waals surface area (Å²) < 4.78 is 14.7. The van der Waals surface area contributed by atoms with Crippen LogP contribution in [0.4, 0.5) is 4.39 Å². The van der Waals surface area contributed by atoms with Crippen LogP contribution >= 0.6 is 15.9 Å². The maximum absolute atomic E-state index is 14.0. The summed E-state index contributed by atoms with van der Waals surface area (Å²) in [4.78, 5) is 16.6. The van der Waals surface area contributed by atoms with E-state index in [1.165, 1.54) is 6.07 Å². The Morgan fingerprint density at radius 2 is 1.96 bits per heavy atom. The molecule has 0 spiro atoms. The van der Waals surface area contributed by atoms with Gasteiger partial charge in [0.25, 0.3) is 5.91 Å². The molecule has 0 aliphatic heterocycles. The van der Waals surface area contributed by atoms with Crippen molar-refractivity contribution in [3.8, 4) is 0 Å². The standard InChI is InChI=1S/C18H24BrFN4O/c1-12(2)16-15(19)17(22-21-16)18(25)24(10-9-23(3)4)11-13-7-5-6-8-14(13)20/h5-8,12H,9-11H2,1-4H3,(H,21,22). The van der Waals surface area contributed by atoms with E-state index in [1.54, 1.807) is 23.1 Å². The fraction of sp³-hybridized carbons (Fsp3) is 0.444. The molecule has 0 saturated heterocycles. The van der Waals surface area contributed by atoms with Gasteiger partial charge in [0.2, 0.25) is 0 Å². The summed E-state index contributed by atoms with van der Waals surface area (Å²) in [5.41, 5.74) is 1.70. The first-order valence-corrected chi connectivity index (χ1v) is 9.01. The number of aromatic amines is 1. The molecule has 0 fully saturated rings. The van der Waals surface area contributed by atoms with E-state index < -0.39 is 0 Å². The number of likely N-dealkylation sites (N-methyl/N-ethyl adjacent to an activating group) is 1. The van der Waals surface area contributed by atoms with Gasteiger partial charge in [-0.25, -0.2) is 4.39 Å². The summed E-state index contributed by atoms with van der Waals surface area (Å²) >= 11 is 3.47. The van der Waals surface area contributed by atoms with Crippen LogP contribution in [0.5, 0.6) is 0 Å². The van der Waals surface area contributed by atoms with Crippen LogP contribution < -0.4 is 0 Å². The lowest BCUT2D eigenvalue weighted by molar-refractivity contribution is 0.0723. The van der Waals surface area contributed by atoms with Gasteiger partial charge < -0.3 is 9.80 Å². The summed E-state index contributed by atoms with van der Waals surface area (Å²) in [5.74, 6) is -0.320. The highest BCUT2D eigenvalue weighted by Gasteiger charge is 2.25. The third-order valence-corrected chi connectivity index (χ3v) is 4.74. The van der Waals surface area contributed by atoms with Gasteiger partial charge in [-0.1, -0.05) is 32.0 Å². The highest BCUT2D eigenvalue weighted by Crippen LogP contribution is 2.26. The average molecular weight is 411 g/mol. The van der Waals surface area contributed by atoms with E-state index in [4.69, 9.17) is 0 Å². The maximum Gasteiger partial charge on any atom is 0.275 e. The zero-order valence-electron chi connectivity index (χ0n) is 15.0. The van der Waals surface area contributed by atoms with E-state index >= 15 is 0 Å². The third kappa shape index (κ3) is 4.89. The smallest absolute Gasteiger partial charge is 0.275 e. The van der Waals surface area contributed by atoms with Crippen LogP contribution in [0, 0.1) is 5.82 Å². The number of nitrogens with one attached hydrogen (secondary N) is 1. The zero-order valence-corrected chi connectivity index (χ0v) is 16.6. The molecule has 0 aliphatic carbocycles. The molecule has 2 aromatic rings. The molecule has 1 aromatic carbocycles. The van der Waals surface area contributed by atoms with E-state index in [-0.39, 0.29) is 24.2 Å². The maximum atomic E-state index is 14.0. The lowest BCUT2D eigenvalue weighted by atomic mass is 10.1. The van der Waals surface area contributed by atoms with Gasteiger partial charge in [-0.15, -0.1) is 0 Å². The summed E-state index contributed by atoms with van der Waals surface area (Å²) in [6.45, 7) is 5.41. The topological polar surface area (TPSA) is 52.2 Å². The van der Waals surface area contributed by atoms with Crippen molar-refractivity contribution in [3.05, 3.63) is 51.5 Å². The van der Waals surface area contributed by atoms with Gasteiger partial charge >= 0.3 is 0 Å². The van der Waals surface area contributed by atoms with Gasteiger partial charge in [0.15, 0.2) is 5.69 Å². The third-order valence-electron chi connectivity index (χ3n) is 3.94. The van der Waals surface area contributed by atoms with Crippen LogP contribution in [0.3, 0.4) is 0 Å². The Morgan fingerprint density at radius 3 is 2.52 bits per heavy atom. The Kier molecular flexibility index (Phi) is 6.72. The molecule has 25 heavy (non-hydrogen) atoms. The van der Waals surface area contributed by atoms with Crippen molar-refractivity contribution in [2.45, 2.75) is 26.3 Å². The van der Waals surface area contributed by atoms with Crippen molar-refractivity contribution >= 4 is 21.8 Å². The number of nitrogens with zero attached hydrogens (tertiary/aromatic N) is 3. The van der Waals surface area contributed by atoms with Crippen molar-refractivity contribution in [1.82, 2.24) is 20.0 Å². The number of H-pyrrole nitrogens is 1. The lowest BCUT2D eigenvalue weighted by Gasteiger charge is -2.24. The number of benzene rings is 1. The Balaban J connectivity index is 2.28.